The van der Waals surface area contributed by atoms with Crippen molar-refractivity contribution in [3.63, 3.8) is 0 Å². The quantitative estimate of drug-likeness (QED) is 0.427. The Labute approximate surface area is 140 Å². The van der Waals surface area contributed by atoms with E-state index in [2.05, 4.69) is 34.4 Å². The van der Waals surface area contributed by atoms with Crippen molar-refractivity contribution in [1.82, 2.24) is 4.98 Å². The molecule has 0 amide bonds. The van der Waals surface area contributed by atoms with E-state index in [1.54, 1.807) is 12.3 Å². The van der Waals surface area contributed by atoms with Crippen LogP contribution in [-0.2, 0) is 0 Å². The highest BCUT2D eigenvalue weighted by molar-refractivity contribution is 6.00. The van der Waals surface area contributed by atoms with Gasteiger partial charge in [0.2, 0.25) is 5.56 Å². The van der Waals surface area contributed by atoms with Gasteiger partial charge in [-0.1, -0.05) is 65.8 Å². The molecule has 0 saturated heterocycles. The van der Waals surface area contributed by atoms with Crippen molar-refractivity contribution in [2.75, 3.05) is 0 Å². The van der Waals surface area contributed by atoms with Crippen LogP contribution in [-0.4, -0.2) is 15.9 Å². The van der Waals surface area contributed by atoms with Gasteiger partial charge in [-0.2, -0.15) is 0 Å². The number of oxime groups is 1. The van der Waals surface area contributed by atoms with Gasteiger partial charge >= 0.3 is 0 Å². The van der Waals surface area contributed by atoms with Gasteiger partial charge in [0.15, 0.2) is 0 Å². The highest BCUT2D eigenvalue weighted by Crippen LogP contribution is 2.29. The molecule has 3 rings (SSSR count). The van der Waals surface area contributed by atoms with E-state index in [0.717, 1.165) is 11.1 Å². The Morgan fingerprint density at radius 2 is 1.50 bits per heavy atom. The minimum Gasteiger partial charge on any atom is -0.411 e. The molecule has 0 fully saturated rings. The van der Waals surface area contributed by atoms with Crippen molar-refractivity contribution >= 4 is 5.71 Å². The van der Waals surface area contributed by atoms with E-state index in [4.69, 9.17) is 0 Å². The molecular weight excluding hydrogens is 300 g/mol. The maximum absolute atomic E-state index is 11.2. The summed E-state index contributed by atoms with van der Waals surface area (Å²) in [5.74, 6) is 0.0604. The summed E-state index contributed by atoms with van der Waals surface area (Å²) in [4.78, 5) is 13.9. The number of H-pyrrole nitrogens is 1. The topological polar surface area (TPSA) is 65.4 Å². The van der Waals surface area contributed by atoms with Gasteiger partial charge in [-0.25, -0.2) is 0 Å². The third-order valence-electron chi connectivity index (χ3n) is 4.04. The summed E-state index contributed by atoms with van der Waals surface area (Å²) in [6.07, 6.45) is 2.10. The van der Waals surface area contributed by atoms with Gasteiger partial charge in [0.25, 0.3) is 0 Å². The number of rotatable bonds is 5. The van der Waals surface area contributed by atoms with E-state index in [-0.39, 0.29) is 11.5 Å². The maximum atomic E-state index is 11.2. The number of aromatic nitrogens is 1. The van der Waals surface area contributed by atoms with Gasteiger partial charge in [-0.3, -0.25) is 4.79 Å². The fourth-order valence-electron chi connectivity index (χ4n) is 2.80. The van der Waals surface area contributed by atoms with Gasteiger partial charge < -0.3 is 10.2 Å². The molecule has 2 N–H and O–H groups in total. The Balaban J connectivity index is 1.97. The molecule has 0 spiro atoms. The molecule has 120 valence electrons. The van der Waals surface area contributed by atoms with E-state index in [9.17, 15) is 10.0 Å². The van der Waals surface area contributed by atoms with Gasteiger partial charge in [0.05, 0.1) is 5.71 Å². The summed E-state index contributed by atoms with van der Waals surface area (Å²) in [5.41, 5.74) is 3.35. The number of aromatic amines is 1. The largest absolute Gasteiger partial charge is 0.411 e. The van der Waals surface area contributed by atoms with E-state index < -0.39 is 0 Å². The van der Waals surface area contributed by atoms with Crippen LogP contribution in [0.25, 0.3) is 0 Å². The molecule has 0 aliphatic carbocycles. The number of nitrogens with zero attached hydrogens (tertiary/aromatic N) is 1. The average Bonchev–Trinajstić information content (AvgIpc) is 2.65. The molecule has 1 heterocycles. The van der Waals surface area contributed by atoms with E-state index in [1.165, 1.54) is 6.07 Å². The van der Waals surface area contributed by atoms with E-state index >= 15 is 0 Å². The van der Waals surface area contributed by atoms with Crippen LogP contribution in [0.1, 0.15) is 29.0 Å². The summed E-state index contributed by atoms with van der Waals surface area (Å²) in [6, 6.07) is 23.3. The summed E-state index contributed by atoms with van der Waals surface area (Å²) in [7, 11) is 0. The summed E-state index contributed by atoms with van der Waals surface area (Å²) in [6.45, 7) is 0. The molecule has 3 aromatic rings. The van der Waals surface area contributed by atoms with Crippen LogP contribution in [0.3, 0.4) is 0 Å². The van der Waals surface area contributed by atoms with Gasteiger partial charge in [0.1, 0.15) is 0 Å². The maximum Gasteiger partial charge on any atom is 0.247 e. The fourth-order valence-corrected chi connectivity index (χ4v) is 2.80. The van der Waals surface area contributed by atoms with Gasteiger partial charge in [-0.05, 0) is 17.2 Å². The number of hydrogen-bond donors (Lipinski definition) is 2. The van der Waals surface area contributed by atoms with Crippen LogP contribution in [0.2, 0.25) is 0 Å². The second-order valence-electron chi connectivity index (χ2n) is 5.57. The standard InChI is InChI=1S/C20H18N2O2/c23-20-12-11-17(14-21-20)19(22-24)13-18(15-7-3-1-4-8-15)16-9-5-2-6-10-16/h1-12,14,18,24H,13H2,(H,21,23)/b22-19-. The number of hydrogen-bond acceptors (Lipinski definition) is 3. The van der Waals surface area contributed by atoms with Gasteiger partial charge in [-0.15, -0.1) is 0 Å². The Morgan fingerprint density at radius 3 is 1.96 bits per heavy atom. The Kier molecular flexibility index (Phi) is 4.87. The van der Waals surface area contributed by atoms with E-state index in [0.29, 0.717) is 17.7 Å². The van der Waals surface area contributed by atoms with Crippen molar-refractivity contribution in [2.45, 2.75) is 12.3 Å². The first-order valence-corrected chi connectivity index (χ1v) is 7.78. The SMILES string of the molecule is O=c1ccc(/C(CC(c2ccccc2)c2ccccc2)=N\O)c[nH]1. The summed E-state index contributed by atoms with van der Waals surface area (Å²) < 4.78 is 0. The molecule has 0 unspecified atom stereocenters. The zero-order chi connectivity index (χ0) is 16.8. The van der Waals surface area contributed by atoms with Crippen LogP contribution in [0.5, 0.6) is 0 Å². The molecule has 0 aliphatic heterocycles. The minimum absolute atomic E-state index is 0.0604. The number of nitrogens with one attached hydrogen (secondary N) is 1. The lowest BCUT2D eigenvalue weighted by Gasteiger charge is -2.18. The molecular formula is C20H18N2O2. The lowest BCUT2D eigenvalue weighted by atomic mass is 9.86. The van der Waals surface area contributed by atoms with Crippen molar-refractivity contribution < 1.29 is 5.21 Å². The Hall–Kier alpha value is -3.14. The number of benzene rings is 2. The Bertz CT molecular complexity index is 811. The monoisotopic (exact) mass is 318 g/mol. The molecule has 0 atom stereocenters. The second-order valence-corrected chi connectivity index (χ2v) is 5.57. The Morgan fingerprint density at radius 1 is 0.917 bits per heavy atom. The fraction of sp³-hybridized carbons (Fsp3) is 0.100. The third kappa shape index (κ3) is 3.60. The van der Waals surface area contributed by atoms with Crippen molar-refractivity contribution in [3.05, 3.63) is 106 Å². The second kappa shape index (κ2) is 7.42. The minimum atomic E-state index is -0.182. The highest BCUT2D eigenvalue weighted by Gasteiger charge is 2.18. The summed E-state index contributed by atoms with van der Waals surface area (Å²) >= 11 is 0. The van der Waals surface area contributed by atoms with Crippen LogP contribution in [0.4, 0.5) is 0 Å². The molecule has 1 aromatic heterocycles. The first-order valence-electron chi connectivity index (χ1n) is 7.78. The first-order chi connectivity index (χ1) is 11.8. The third-order valence-corrected chi connectivity index (χ3v) is 4.04. The van der Waals surface area contributed by atoms with Crippen molar-refractivity contribution in [1.29, 1.82) is 0 Å². The molecule has 4 nitrogen and oxygen atoms in total. The molecule has 0 saturated carbocycles. The zero-order valence-electron chi connectivity index (χ0n) is 13.1. The number of pyridine rings is 1. The summed E-state index contributed by atoms with van der Waals surface area (Å²) in [5, 5.41) is 13.0. The normalized spacial score (nSPS) is 11.6. The van der Waals surface area contributed by atoms with Crippen LogP contribution in [0.15, 0.2) is 88.9 Å². The van der Waals surface area contributed by atoms with Crippen molar-refractivity contribution in [3.8, 4) is 0 Å². The average molecular weight is 318 g/mol. The van der Waals surface area contributed by atoms with Crippen molar-refractivity contribution in [2.24, 2.45) is 5.16 Å². The molecule has 4 heteroatoms. The molecule has 2 aromatic carbocycles. The molecule has 0 radical (unpaired) electrons. The molecule has 0 aliphatic rings. The van der Waals surface area contributed by atoms with Crippen LogP contribution in [0, 0.1) is 0 Å². The van der Waals surface area contributed by atoms with Gasteiger partial charge in [0, 0.05) is 30.2 Å². The highest BCUT2D eigenvalue weighted by atomic mass is 16.4. The predicted octanol–water partition coefficient (Wildman–Crippen LogP) is 3.78. The smallest absolute Gasteiger partial charge is 0.247 e. The molecule has 24 heavy (non-hydrogen) atoms. The molecule has 0 bridgehead atoms. The predicted molar refractivity (Wildman–Crippen MR) is 94.7 cm³/mol. The van der Waals surface area contributed by atoms with E-state index in [1.807, 2.05) is 36.4 Å². The van der Waals surface area contributed by atoms with Crippen LogP contribution >= 0.6 is 0 Å². The first kappa shape index (κ1) is 15.7. The lowest BCUT2D eigenvalue weighted by molar-refractivity contribution is 0.317. The zero-order valence-corrected chi connectivity index (χ0v) is 13.1. The lowest BCUT2D eigenvalue weighted by Crippen LogP contribution is -2.12. The van der Waals surface area contributed by atoms with Crippen LogP contribution < -0.4 is 5.56 Å².